The molecule has 0 unspecified atom stereocenters. The van der Waals surface area contributed by atoms with Gasteiger partial charge in [0.25, 0.3) is 5.92 Å². The fraction of sp³-hybridized carbons (Fsp3) is 0.636. The van der Waals surface area contributed by atoms with Gasteiger partial charge in [-0.25, -0.2) is 8.78 Å². The van der Waals surface area contributed by atoms with E-state index in [1.165, 1.54) is 0 Å². The molecule has 0 aromatic carbocycles. The molecule has 98 valence electrons. The second-order valence-electron chi connectivity index (χ2n) is 4.79. The van der Waals surface area contributed by atoms with Crippen LogP contribution in [0.4, 0.5) is 26.4 Å². The van der Waals surface area contributed by atoms with Gasteiger partial charge in [0.05, 0.1) is 6.54 Å². The quantitative estimate of drug-likeness (QED) is 0.791. The van der Waals surface area contributed by atoms with E-state index in [-0.39, 0.29) is 18.9 Å². The second-order valence-corrected chi connectivity index (χ2v) is 4.79. The molecule has 2 aliphatic heterocycles. The van der Waals surface area contributed by atoms with E-state index in [0.717, 1.165) is 24.9 Å². The Morgan fingerprint density at radius 1 is 1.33 bits per heavy atom. The molecule has 18 heavy (non-hydrogen) atoms. The molecule has 2 aliphatic rings. The number of fused-ring (bicyclic) bond motifs is 1. The van der Waals surface area contributed by atoms with Gasteiger partial charge in [-0.05, 0) is 12.8 Å². The third kappa shape index (κ3) is 1.93. The Bertz CT molecular complexity index is 477. The van der Waals surface area contributed by atoms with E-state index in [4.69, 9.17) is 5.73 Å². The first-order valence-electron chi connectivity index (χ1n) is 6.08. The minimum atomic E-state index is -2.63. The van der Waals surface area contributed by atoms with E-state index >= 15 is 0 Å². The van der Waals surface area contributed by atoms with Gasteiger partial charge < -0.3 is 16.0 Å². The zero-order valence-corrected chi connectivity index (χ0v) is 9.92. The van der Waals surface area contributed by atoms with Gasteiger partial charge in [-0.3, -0.25) is 0 Å². The molecule has 3 rings (SSSR count). The average molecular weight is 255 g/mol. The largest absolute Gasteiger partial charge is 0.370 e. The van der Waals surface area contributed by atoms with Crippen molar-refractivity contribution >= 4 is 17.6 Å². The van der Waals surface area contributed by atoms with Gasteiger partial charge in [-0.1, -0.05) is 0 Å². The predicted octanol–water partition coefficient (Wildman–Crippen LogP) is 1.26. The maximum Gasteiger partial charge on any atom is 0.266 e. The fourth-order valence-corrected chi connectivity index (χ4v) is 2.52. The zero-order chi connectivity index (χ0) is 12.8. The smallest absolute Gasteiger partial charge is 0.266 e. The minimum absolute atomic E-state index is 0.126. The predicted molar refractivity (Wildman–Crippen MR) is 65.0 cm³/mol. The van der Waals surface area contributed by atoms with Gasteiger partial charge in [0.1, 0.15) is 11.6 Å². The molecule has 0 bridgehead atoms. The molecule has 0 radical (unpaired) electrons. The van der Waals surface area contributed by atoms with Crippen molar-refractivity contribution in [1.82, 2.24) is 9.97 Å². The number of nitrogen functional groups attached to an aromatic ring is 1. The lowest BCUT2D eigenvalue weighted by atomic mass is 10.1. The Kier molecular flexibility index (Phi) is 2.49. The summed E-state index contributed by atoms with van der Waals surface area (Å²) in [6, 6.07) is 0. The summed E-state index contributed by atoms with van der Waals surface area (Å²) < 4.78 is 26.6. The summed E-state index contributed by atoms with van der Waals surface area (Å²) in [5, 5.41) is 3.14. The molecule has 1 aromatic heterocycles. The molecule has 1 aromatic rings. The SMILES string of the molecule is Nc1nc2c(c(N3CCC(F)(F)C3)n1)CCCN2. The minimum Gasteiger partial charge on any atom is -0.370 e. The zero-order valence-electron chi connectivity index (χ0n) is 9.92. The molecule has 7 heteroatoms. The topological polar surface area (TPSA) is 67.1 Å². The standard InChI is InChI=1S/C11H15F2N5/c12-11(13)3-5-18(6-11)9-7-2-1-4-15-8(7)16-10(14)17-9/h1-6H2,(H3,14,15,16,17). The number of halogens is 2. The van der Waals surface area contributed by atoms with E-state index in [9.17, 15) is 8.78 Å². The van der Waals surface area contributed by atoms with Gasteiger partial charge in [-0.2, -0.15) is 9.97 Å². The van der Waals surface area contributed by atoms with Gasteiger partial charge >= 0.3 is 0 Å². The van der Waals surface area contributed by atoms with Crippen LogP contribution in [0.5, 0.6) is 0 Å². The number of hydrogen-bond acceptors (Lipinski definition) is 5. The van der Waals surface area contributed by atoms with Crippen molar-refractivity contribution in [2.45, 2.75) is 25.2 Å². The van der Waals surface area contributed by atoms with E-state index in [1.54, 1.807) is 4.90 Å². The van der Waals surface area contributed by atoms with Crippen LogP contribution >= 0.6 is 0 Å². The Labute approximate surface area is 103 Å². The average Bonchev–Trinajstić information content (AvgIpc) is 2.68. The fourth-order valence-electron chi connectivity index (χ4n) is 2.52. The highest BCUT2D eigenvalue weighted by Gasteiger charge is 2.40. The van der Waals surface area contributed by atoms with Crippen LogP contribution in [0, 0.1) is 0 Å². The molecule has 1 saturated heterocycles. The molecule has 3 heterocycles. The monoisotopic (exact) mass is 255 g/mol. The van der Waals surface area contributed by atoms with Crippen molar-refractivity contribution in [3.63, 3.8) is 0 Å². The van der Waals surface area contributed by atoms with E-state index in [0.29, 0.717) is 18.2 Å². The summed E-state index contributed by atoms with van der Waals surface area (Å²) in [6.45, 7) is 0.866. The molecule has 5 nitrogen and oxygen atoms in total. The first-order valence-corrected chi connectivity index (χ1v) is 6.08. The van der Waals surface area contributed by atoms with Crippen LogP contribution in [-0.2, 0) is 6.42 Å². The van der Waals surface area contributed by atoms with Crippen molar-refractivity contribution in [1.29, 1.82) is 0 Å². The Balaban J connectivity index is 1.99. The normalized spacial score (nSPS) is 21.6. The number of hydrogen-bond donors (Lipinski definition) is 2. The number of nitrogens with zero attached hydrogens (tertiary/aromatic N) is 3. The Morgan fingerprint density at radius 3 is 2.89 bits per heavy atom. The van der Waals surface area contributed by atoms with Crippen LogP contribution in [0.1, 0.15) is 18.4 Å². The molecule has 1 fully saturated rings. The summed E-state index contributed by atoms with van der Waals surface area (Å²) in [4.78, 5) is 9.89. The summed E-state index contributed by atoms with van der Waals surface area (Å²) in [7, 11) is 0. The van der Waals surface area contributed by atoms with Crippen molar-refractivity contribution in [2.24, 2.45) is 0 Å². The van der Waals surface area contributed by atoms with Crippen LogP contribution in [0.15, 0.2) is 0 Å². The molecular formula is C11H15F2N5. The maximum atomic E-state index is 13.3. The van der Waals surface area contributed by atoms with E-state index < -0.39 is 5.92 Å². The van der Waals surface area contributed by atoms with Crippen LogP contribution in [0.2, 0.25) is 0 Å². The highest BCUT2D eigenvalue weighted by atomic mass is 19.3. The first-order chi connectivity index (χ1) is 8.55. The number of aromatic nitrogens is 2. The van der Waals surface area contributed by atoms with Crippen LogP contribution in [-0.4, -0.2) is 35.5 Å². The van der Waals surface area contributed by atoms with Crippen molar-refractivity contribution in [3.8, 4) is 0 Å². The third-order valence-corrected chi connectivity index (χ3v) is 3.37. The summed E-state index contributed by atoms with van der Waals surface area (Å²) >= 11 is 0. The summed E-state index contributed by atoms with van der Waals surface area (Å²) in [5.74, 6) is -1.23. The lowest BCUT2D eigenvalue weighted by Gasteiger charge is -2.25. The van der Waals surface area contributed by atoms with E-state index in [2.05, 4.69) is 15.3 Å². The van der Waals surface area contributed by atoms with Gasteiger partial charge in [-0.15, -0.1) is 0 Å². The Morgan fingerprint density at radius 2 is 2.17 bits per heavy atom. The second kappa shape index (κ2) is 3.93. The number of nitrogens with one attached hydrogen (secondary N) is 1. The van der Waals surface area contributed by atoms with Crippen molar-refractivity contribution < 1.29 is 8.78 Å². The van der Waals surface area contributed by atoms with Crippen molar-refractivity contribution in [2.75, 3.05) is 35.6 Å². The summed E-state index contributed by atoms with van der Waals surface area (Å²) in [6.07, 6.45) is 1.64. The highest BCUT2D eigenvalue weighted by Crippen LogP contribution is 2.35. The van der Waals surface area contributed by atoms with Crippen molar-refractivity contribution in [3.05, 3.63) is 5.56 Å². The molecule has 3 N–H and O–H groups in total. The molecule has 0 amide bonds. The lowest BCUT2D eigenvalue weighted by Crippen LogP contribution is -2.28. The van der Waals surface area contributed by atoms with Gasteiger partial charge in [0, 0.05) is 25.1 Å². The molecule has 0 atom stereocenters. The third-order valence-electron chi connectivity index (χ3n) is 3.37. The number of alkyl halides is 2. The van der Waals surface area contributed by atoms with Crippen LogP contribution in [0.3, 0.4) is 0 Å². The summed E-state index contributed by atoms with van der Waals surface area (Å²) in [5.41, 5.74) is 6.55. The number of anilines is 3. The molecule has 0 spiro atoms. The van der Waals surface area contributed by atoms with E-state index in [1.807, 2.05) is 0 Å². The lowest BCUT2D eigenvalue weighted by molar-refractivity contribution is 0.0256. The molecule has 0 aliphatic carbocycles. The van der Waals surface area contributed by atoms with Gasteiger partial charge in [0.15, 0.2) is 0 Å². The number of rotatable bonds is 1. The maximum absolute atomic E-state index is 13.3. The molecular weight excluding hydrogens is 240 g/mol. The Hall–Kier alpha value is -1.66. The molecule has 0 saturated carbocycles. The number of nitrogens with two attached hydrogens (primary N) is 1. The first kappa shape index (κ1) is 11.4. The van der Waals surface area contributed by atoms with Gasteiger partial charge in [0.2, 0.25) is 5.95 Å². The highest BCUT2D eigenvalue weighted by molar-refractivity contribution is 5.63. The van der Waals surface area contributed by atoms with Crippen LogP contribution < -0.4 is 16.0 Å². The van der Waals surface area contributed by atoms with Crippen LogP contribution in [0.25, 0.3) is 0 Å².